The number of nitro groups is 1. The monoisotopic (exact) mass is 621 g/mol. The second kappa shape index (κ2) is 13.2. The molecule has 0 aliphatic carbocycles. The summed E-state index contributed by atoms with van der Waals surface area (Å²) < 4.78 is 33.7. The topological polar surface area (TPSA) is 145 Å². The van der Waals surface area contributed by atoms with Crippen LogP contribution in [0.5, 0.6) is 5.75 Å². The van der Waals surface area contributed by atoms with Crippen LogP contribution in [-0.4, -0.2) is 42.3 Å². The Labute approximate surface area is 253 Å². The van der Waals surface area contributed by atoms with Crippen molar-refractivity contribution in [2.75, 3.05) is 18.0 Å². The van der Waals surface area contributed by atoms with Gasteiger partial charge in [0.1, 0.15) is 12.4 Å². The lowest BCUT2D eigenvalue weighted by molar-refractivity contribution is -0.385. The van der Waals surface area contributed by atoms with Gasteiger partial charge in [-0.1, -0.05) is 48.0 Å². The van der Waals surface area contributed by atoms with E-state index in [1.807, 2.05) is 27.8 Å². The van der Waals surface area contributed by atoms with Crippen molar-refractivity contribution in [3.8, 4) is 5.75 Å². The summed E-state index contributed by atoms with van der Waals surface area (Å²) >= 11 is 5.97. The summed E-state index contributed by atoms with van der Waals surface area (Å²) in [5.74, 6) is 0.414. The van der Waals surface area contributed by atoms with Crippen molar-refractivity contribution in [1.82, 2.24) is 14.7 Å². The number of nitrogens with one attached hydrogen (secondary N) is 1. The zero-order valence-corrected chi connectivity index (χ0v) is 24.5. The molecule has 0 spiro atoms. The molecule has 1 N–H and O–H groups in total. The molecular formula is C30H28ClN5O6S. The van der Waals surface area contributed by atoms with Crippen LogP contribution in [0.4, 0.5) is 11.6 Å². The van der Waals surface area contributed by atoms with Crippen LogP contribution in [-0.2, 0) is 23.1 Å². The maximum atomic E-state index is 13.2. The van der Waals surface area contributed by atoms with Gasteiger partial charge >= 0.3 is 0 Å². The van der Waals surface area contributed by atoms with Crippen LogP contribution in [0.25, 0.3) is 0 Å². The quantitative estimate of drug-likeness (QED) is 0.187. The molecule has 11 nitrogen and oxygen atoms in total. The average molecular weight is 622 g/mol. The number of aromatic nitrogens is 2. The normalized spacial score (nSPS) is 13.8. The molecule has 1 fully saturated rings. The molecule has 1 saturated heterocycles. The summed E-state index contributed by atoms with van der Waals surface area (Å²) in [7, 11) is -4.44. The van der Waals surface area contributed by atoms with Crippen LogP contribution in [0.3, 0.4) is 0 Å². The van der Waals surface area contributed by atoms with Gasteiger partial charge in [0.15, 0.2) is 0 Å². The molecule has 2 heterocycles. The Bertz CT molecular complexity index is 1710. The van der Waals surface area contributed by atoms with E-state index < -0.39 is 31.4 Å². The molecule has 5 rings (SSSR count). The van der Waals surface area contributed by atoms with Crippen molar-refractivity contribution < 1.29 is 22.9 Å². The third-order valence-corrected chi connectivity index (χ3v) is 8.70. The van der Waals surface area contributed by atoms with Gasteiger partial charge in [0.05, 0.1) is 21.1 Å². The maximum Gasteiger partial charge on any atom is 0.270 e. The zero-order valence-electron chi connectivity index (χ0n) is 22.9. The predicted molar refractivity (Wildman–Crippen MR) is 161 cm³/mol. The number of nitrogens with zero attached hydrogens (tertiary/aromatic N) is 4. The maximum absolute atomic E-state index is 13.2. The summed E-state index contributed by atoms with van der Waals surface area (Å²) in [5, 5.41) is 11.6. The van der Waals surface area contributed by atoms with Crippen LogP contribution < -0.4 is 14.4 Å². The molecule has 1 aromatic heterocycles. The van der Waals surface area contributed by atoms with Gasteiger partial charge in [-0.15, -0.1) is 0 Å². The Morgan fingerprint density at radius 3 is 2.47 bits per heavy atom. The third kappa shape index (κ3) is 7.65. The van der Waals surface area contributed by atoms with Gasteiger partial charge in [-0.3, -0.25) is 14.9 Å². The molecule has 13 heteroatoms. The van der Waals surface area contributed by atoms with E-state index in [9.17, 15) is 23.3 Å². The Balaban J connectivity index is 1.35. The first-order valence-corrected chi connectivity index (χ1v) is 15.4. The fraction of sp³-hybridized carbons (Fsp3) is 0.233. The van der Waals surface area contributed by atoms with Gasteiger partial charge < -0.3 is 9.64 Å². The number of ether oxygens (including phenoxy) is 1. The number of carbonyl (C=O) groups is 1. The first-order valence-electron chi connectivity index (χ1n) is 13.5. The molecule has 43 heavy (non-hydrogen) atoms. The number of amides is 1. The first kappa shape index (κ1) is 29.9. The highest BCUT2D eigenvalue weighted by Gasteiger charge is 2.26. The second-order valence-electron chi connectivity index (χ2n) is 10.1. The lowest BCUT2D eigenvalue weighted by Gasteiger charge is -2.32. The Morgan fingerprint density at radius 2 is 1.77 bits per heavy atom. The van der Waals surface area contributed by atoms with E-state index in [1.54, 1.807) is 24.3 Å². The van der Waals surface area contributed by atoms with Gasteiger partial charge in [0, 0.05) is 36.4 Å². The van der Waals surface area contributed by atoms with E-state index in [1.165, 1.54) is 17.8 Å². The van der Waals surface area contributed by atoms with E-state index >= 15 is 0 Å². The van der Waals surface area contributed by atoms with Crippen molar-refractivity contribution in [2.45, 2.75) is 30.8 Å². The first-order chi connectivity index (χ1) is 20.7. The van der Waals surface area contributed by atoms with Crippen LogP contribution in [0.2, 0.25) is 5.02 Å². The van der Waals surface area contributed by atoms with Crippen molar-refractivity contribution in [1.29, 1.82) is 0 Å². The minimum Gasteiger partial charge on any atom is -0.487 e. The van der Waals surface area contributed by atoms with E-state index in [-0.39, 0.29) is 17.9 Å². The fourth-order valence-corrected chi connectivity index (χ4v) is 5.96. The molecule has 1 aliphatic heterocycles. The summed E-state index contributed by atoms with van der Waals surface area (Å²) in [4.78, 5) is 34.3. The molecule has 1 amide bonds. The lowest BCUT2D eigenvalue weighted by atomic mass is 9.90. The molecule has 0 radical (unpaired) electrons. The largest absolute Gasteiger partial charge is 0.487 e. The van der Waals surface area contributed by atoms with Crippen LogP contribution in [0.1, 0.15) is 34.5 Å². The number of piperidine rings is 1. The lowest BCUT2D eigenvalue weighted by Crippen LogP contribution is -2.36. The Kier molecular flexibility index (Phi) is 9.17. The fourth-order valence-electron chi connectivity index (χ4n) is 4.83. The minimum atomic E-state index is -4.44. The van der Waals surface area contributed by atoms with Crippen molar-refractivity contribution in [3.63, 3.8) is 0 Å². The van der Waals surface area contributed by atoms with Gasteiger partial charge in [-0.25, -0.2) is 23.1 Å². The SMILES string of the molecule is O=C(NS(=O)(=O)c1cccc([N+](=O)[O-])c1)c1cnc(N2CCC(Cc3ccccc3)CC2)nc1COc1ccc(Cl)cc1. The van der Waals surface area contributed by atoms with E-state index in [4.69, 9.17) is 16.3 Å². The van der Waals surface area contributed by atoms with E-state index in [2.05, 4.69) is 22.1 Å². The number of benzene rings is 3. The number of non-ortho nitro benzene ring substituents is 1. The van der Waals surface area contributed by atoms with Gasteiger partial charge in [0.2, 0.25) is 5.95 Å². The molecule has 1 aliphatic rings. The van der Waals surface area contributed by atoms with E-state index in [0.29, 0.717) is 22.6 Å². The molecule has 0 bridgehead atoms. The summed E-state index contributed by atoms with van der Waals surface area (Å²) in [5.41, 5.74) is 0.950. The highest BCUT2D eigenvalue weighted by atomic mass is 35.5. The third-order valence-electron chi connectivity index (χ3n) is 7.12. The standard InChI is InChI=1S/C30H28ClN5O6S/c31-23-9-11-25(12-10-23)42-20-28-27(29(37)34-43(40,41)26-8-4-7-24(18-26)36(38)39)19-32-30(33-28)35-15-13-22(14-16-35)17-21-5-2-1-3-6-21/h1-12,18-19,22H,13-17,20H2,(H,34,37). The Morgan fingerprint density at radius 1 is 1.05 bits per heavy atom. The number of nitro benzene ring substituents is 1. The highest BCUT2D eigenvalue weighted by Crippen LogP contribution is 2.26. The molecule has 0 atom stereocenters. The summed E-state index contributed by atoms with van der Waals surface area (Å²) in [6, 6.07) is 21.4. The number of sulfonamides is 1. The molecule has 3 aromatic carbocycles. The van der Waals surface area contributed by atoms with Gasteiger partial charge in [0.25, 0.3) is 21.6 Å². The molecule has 0 saturated carbocycles. The van der Waals surface area contributed by atoms with Crippen LogP contribution in [0.15, 0.2) is 90.0 Å². The number of halogens is 1. The van der Waals surface area contributed by atoms with E-state index in [0.717, 1.165) is 50.6 Å². The van der Waals surface area contributed by atoms with Crippen LogP contribution >= 0.6 is 11.6 Å². The molecule has 4 aromatic rings. The number of hydrogen-bond donors (Lipinski definition) is 1. The number of hydrogen-bond acceptors (Lipinski definition) is 9. The average Bonchev–Trinajstić information content (AvgIpc) is 3.01. The smallest absolute Gasteiger partial charge is 0.270 e. The van der Waals surface area contributed by atoms with Crippen LogP contribution in [0, 0.1) is 16.0 Å². The highest BCUT2D eigenvalue weighted by molar-refractivity contribution is 7.90. The number of carbonyl (C=O) groups excluding carboxylic acids is 1. The van der Waals surface area contributed by atoms with Crippen molar-refractivity contribution in [2.24, 2.45) is 5.92 Å². The minimum absolute atomic E-state index is 0.106. The Hall–Kier alpha value is -4.55. The second-order valence-corrected chi connectivity index (χ2v) is 12.2. The molecule has 0 unspecified atom stereocenters. The molecule has 222 valence electrons. The van der Waals surface area contributed by atoms with Crippen molar-refractivity contribution >= 4 is 39.2 Å². The van der Waals surface area contributed by atoms with Gasteiger partial charge in [-0.2, -0.15) is 0 Å². The summed E-state index contributed by atoms with van der Waals surface area (Å²) in [6.07, 6.45) is 4.15. The predicted octanol–water partition coefficient (Wildman–Crippen LogP) is 5.20. The number of anilines is 1. The van der Waals surface area contributed by atoms with Gasteiger partial charge in [-0.05, 0) is 61.1 Å². The number of rotatable bonds is 10. The van der Waals surface area contributed by atoms with Crippen molar-refractivity contribution in [3.05, 3.63) is 117 Å². The zero-order chi connectivity index (χ0) is 30.4. The molecular weight excluding hydrogens is 594 g/mol. The summed E-state index contributed by atoms with van der Waals surface area (Å²) in [6.45, 7) is 1.30.